The van der Waals surface area contributed by atoms with Crippen LogP contribution in [0.25, 0.3) is 11.3 Å². The van der Waals surface area contributed by atoms with Crippen LogP contribution in [0.4, 0.5) is 5.82 Å². The molecule has 0 saturated heterocycles. The van der Waals surface area contributed by atoms with Crippen molar-refractivity contribution in [2.75, 3.05) is 5.32 Å². The summed E-state index contributed by atoms with van der Waals surface area (Å²) < 4.78 is 3.90. The van der Waals surface area contributed by atoms with Gasteiger partial charge in [-0.2, -0.15) is 16.4 Å². The molecule has 0 aromatic carbocycles. The first kappa shape index (κ1) is 15.1. The SMILES string of the molecule is Cc1cscc1C(=O)Nc1c(-c2cnn(C)c2)nc2n1CCCC2. The van der Waals surface area contributed by atoms with Gasteiger partial charge in [-0.1, -0.05) is 0 Å². The van der Waals surface area contributed by atoms with Gasteiger partial charge in [0.25, 0.3) is 5.91 Å². The van der Waals surface area contributed by atoms with Crippen molar-refractivity contribution in [3.8, 4) is 11.3 Å². The third-order valence-electron chi connectivity index (χ3n) is 4.39. The molecule has 124 valence electrons. The maximum atomic E-state index is 12.7. The Morgan fingerprint density at radius 1 is 1.33 bits per heavy atom. The summed E-state index contributed by atoms with van der Waals surface area (Å²) >= 11 is 1.54. The zero-order chi connectivity index (χ0) is 16.7. The van der Waals surface area contributed by atoms with E-state index in [1.54, 1.807) is 22.2 Å². The number of hydrogen-bond acceptors (Lipinski definition) is 4. The Morgan fingerprint density at radius 2 is 2.21 bits per heavy atom. The van der Waals surface area contributed by atoms with E-state index < -0.39 is 0 Å². The van der Waals surface area contributed by atoms with Gasteiger partial charge in [-0.05, 0) is 30.7 Å². The fraction of sp³-hybridized carbons (Fsp3) is 0.353. The standard InChI is InChI=1S/C17H19N5OS/c1-11-9-24-10-13(11)17(23)20-16-15(12-7-18-21(2)8-12)19-14-5-3-4-6-22(14)16/h7-10H,3-6H2,1-2H3,(H,20,23). The van der Waals surface area contributed by atoms with Crippen LogP contribution in [-0.2, 0) is 20.0 Å². The molecule has 1 amide bonds. The van der Waals surface area contributed by atoms with Crippen LogP contribution in [0.1, 0.15) is 34.6 Å². The number of thiophene rings is 1. The minimum atomic E-state index is -0.0767. The largest absolute Gasteiger partial charge is 0.314 e. The molecule has 4 rings (SSSR count). The number of imidazole rings is 1. The monoisotopic (exact) mass is 341 g/mol. The first-order valence-electron chi connectivity index (χ1n) is 8.06. The predicted molar refractivity (Wildman–Crippen MR) is 94.4 cm³/mol. The molecule has 0 radical (unpaired) electrons. The average Bonchev–Trinajstić information content (AvgIpc) is 3.27. The number of anilines is 1. The van der Waals surface area contributed by atoms with Crippen LogP contribution in [0.15, 0.2) is 23.2 Å². The lowest BCUT2D eigenvalue weighted by Gasteiger charge is -2.17. The molecule has 3 aromatic rings. The third-order valence-corrected chi connectivity index (χ3v) is 5.25. The molecule has 0 saturated carbocycles. The van der Waals surface area contributed by atoms with Crippen LogP contribution >= 0.6 is 11.3 Å². The second kappa shape index (κ2) is 5.90. The molecule has 0 aliphatic carbocycles. The molecule has 3 aromatic heterocycles. The molecule has 7 heteroatoms. The molecule has 1 N–H and O–H groups in total. The third kappa shape index (κ3) is 2.54. The summed E-state index contributed by atoms with van der Waals surface area (Å²) in [7, 11) is 1.88. The van der Waals surface area contributed by atoms with Crippen molar-refractivity contribution >= 4 is 23.1 Å². The lowest BCUT2D eigenvalue weighted by atomic mass is 10.1. The van der Waals surface area contributed by atoms with Gasteiger partial charge in [0, 0.05) is 37.2 Å². The van der Waals surface area contributed by atoms with Gasteiger partial charge in [-0.25, -0.2) is 4.98 Å². The Hall–Kier alpha value is -2.41. The molecule has 4 heterocycles. The number of nitrogens with one attached hydrogen (secondary N) is 1. The molecule has 0 spiro atoms. The minimum absolute atomic E-state index is 0.0767. The van der Waals surface area contributed by atoms with E-state index in [0.29, 0.717) is 0 Å². The molecule has 6 nitrogen and oxygen atoms in total. The van der Waals surface area contributed by atoms with Crippen molar-refractivity contribution in [1.29, 1.82) is 0 Å². The van der Waals surface area contributed by atoms with Gasteiger partial charge in [0.1, 0.15) is 17.3 Å². The van der Waals surface area contributed by atoms with Gasteiger partial charge in [0.15, 0.2) is 0 Å². The van der Waals surface area contributed by atoms with E-state index in [2.05, 4.69) is 15.0 Å². The minimum Gasteiger partial charge on any atom is -0.314 e. The van der Waals surface area contributed by atoms with Gasteiger partial charge in [0.2, 0.25) is 0 Å². The summed E-state index contributed by atoms with van der Waals surface area (Å²) in [6, 6.07) is 0. The van der Waals surface area contributed by atoms with Crippen molar-refractivity contribution in [3.05, 3.63) is 40.1 Å². The molecule has 0 bridgehead atoms. The Bertz CT molecular complexity index is 904. The normalized spacial score (nSPS) is 13.8. The smallest absolute Gasteiger partial charge is 0.257 e. The number of rotatable bonds is 3. The molecule has 1 aliphatic heterocycles. The molecule has 24 heavy (non-hydrogen) atoms. The number of nitrogens with zero attached hydrogens (tertiary/aromatic N) is 4. The van der Waals surface area contributed by atoms with Crippen molar-refractivity contribution in [1.82, 2.24) is 19.3 Å². The van der Waals surface area contributed by atoms with E-state index in [9.17, 15) is 4.79 Å². The van der Waals surface area contributed by atoms with Crippen molar-refractivity contribution in [3.63, 3.8) is 0 Å². The number of hydrogen-bond donors (Lipinski definition) is 1. The van der Waals surface area contributed by atoms with Gasteiger partial charge in [-0.15, -0.1) is 0 Å². The highest BCUT2D eigenvalue weighted by Crippen LogP contribution is 2.32. The van der Waals surface area contributed by atoms with Crippen LogP contribution in [-0.4, -0.2) is 25.2 Å². The lowest BCUT2D eigenvalue weighted by molar-refractivity contribution is 0.102. The van der Waals surface area contributed by atoms with Crippen LogP contribution in [0.3, 0.4) is 0 Å². The van der Waals surface area contributed by atoms with Gasteiger partial charge < -0.3 is 9.88 Å². The number of carbonyl (C=O) groups excluding carboxylic acids is 1. The van der Waals surface area contributed by atoms with Crippen molar-refractivity contribution < 1.29 is 4.79 Å². The molecule has 0 fully saturated rings. The molecule has 0 unspecified atom stereocenters. The quantitative estimate of drug-likeness (QED) is 0.795. The second-order valence-electron chi connectivity index (χ2n) is 6.16. The summed E-state index contributed by atoms with van der Waals surface area (Å²) in [4.78, 5) is 17.5. The predicted octanol–water partition coefficient (Wildman–Crippen LogP) is 3.24. The fourth-order valence-electron chi connectivity index (χ4n) is 3.12. The summed E-state index contributed by atoms with van der Waals surface area (Å²) in [6.07, 6.45) is 6.91. The summed E-state index contributed by atoms with van der Waals surface area (Å²) in [5.74, 6) is 1.75. The van der Waals surface area contributed by atoms with E-state index in [1.807, 2.05) is 30.9 Å². The average molecular weight is 341 g/mol. The summed E-state index contributed by atoms with van der Waals surface area (Å²) in [5.41, 5.74) is 3.46. The first-order valence-corrected chi connectivity index (χ1v) is 9.00. The topological polar surface area (TPSA) is 64.7 Å². The fourth-order valence-corrected chi connectivity index (χ4v) is 3.95. The van der Waals surface area contributed by atoms with Gasteiger partial charge >= 0.3 is 0 Å². The molecule has 1 aliphatic rings. The Labute approximate surface area is 144 Å². The zero-order valence-electron chi connectivity index (χ0n) is 13.7. The molecule has 0 atom stereocenters. The number of fused-ring (bicyclic) bond motifs is 1. The van der Waals surface area contributed by atoms with Crippen molar-refractivity contribution in [2.24, 2.45) is 7.05 Å². The highest BCUT2D eigenvalue weighted by molar-refractivity contribution is 7.08. The second-order valence-corrected chi connectivity index (χ2v) is 6.90. The van der Waals surface area contributed by atoms with E-state index in [0.717, 1.165) is 59.8 Å². The van der Waals surface area contributed by atoms with Gasteiger partial charge in [0.05, 0.1) is 11.8 Å². The highest BCUT2D eigenvalue weighted by atomic mass is 32.1. The maximum absolute atomic E-state index is 12.7. The lowest BCUT2D eigenvalue weighted by Crippen LogP contribution is -2.18. The summed E-state index contributed by atoms with van der Waals surface area (Å²) in [6.45, 7) is 2.85. The Balaban J connectivity index is 1.77. The first-order chi connectivity index (χ1) is 11.6. The van der Waals surface area contributed by atoms with Crippen LogP contribution in [0, 0.1) is 6.92 Å². The number of aromatic nitrogens is 4. The summed E-state index contributed by atoms with van der Waals surface area (Å²) in [5, 5.41) is 11.2. The molecular formula is C17H19N5OS. The van der Waals surface area contributed by atoms with E-state index in [1.165, 1.54) is 0 Å². The van der Waals surface area contributed by atoms with Crippen LogP contribution in [0.5, 0.6) is 0 Å². The van der Waals surface area contributed by atoms with E-state index in [4.69, 9.17) is 4.98 Å². The number of amides is 1. The van der Waals surface area contributed by atoms with E-state index >= 15 is 0 Å². The molecular weight excluding hydrogens is 322 g/mol. The Morgan fingerprint density at radius 3 is 2.92 bits per heavy atom. The van der Waals surface area contributed by atoms with E-state index in [-0.39, 0.29) is 5.91 Å². The highest BCUT2D eigenvalue weighted by Gasteiger charge is 2.24. The zero-order valence-corrected chi connectivity index (χ0v) is 14.6. The maximum Gasteiger partial charge on any atom is 0.257 e. The number of aryl methyl sites for hydroxylation is 3. The number of carbonyl (C=O) groups is 1. The Kier molecular flexibility index (Phi) is 3.72. The van der Waals surface area contributed by atoms with Crippen LogP contribution in [0.2, 0.25) is 0 Å². The van der Waals surface area contributed by atoms with Gasteiger partial charge in [-0.3, -0.25) is 9.48 Å². The van der Waals surface area contributed by atoms with Crippen LogP contribution < -0.4 is 5.32 Å². The van der Waals surface area contributed by atoms with Crippen molar-refractivity contribution in [2.45, 2.75) is 32.7 Å².